The van der Waals surface area contributed by atoms with E-state index in [1.807, 2.05) is 4.90 Å². The summed E-state index contributed by atoms with van der Waals surface area (Å²) in [5.74, 6) is 0.461. The fourth-order valence-electron chi connectivity index (χ4n) is 2.30. The van der Waals surface area contributed by atoms with Gasteiger partial charge in [-0.05, 0) is 30.9 Å². The SMILES string of the molecule is Cc1cnc(N2CCC(C)(CN)C2)c([N+](=O)[O-])c1. The third-order valence-corrected chi connectivity index (χ3v) is 3.53. The lowest BCUT2D eigenvalue weighted by atomic mass is 9.90. The Kier molecular flexibility index (Phi) is 3.21. The van der Waals surface area contributed by atoms with Gasteiger partial charge in [0.2, 0.25) is 5.82 Å². The average Bonchev–Trinajstić information content (AvgIpc) is 2.72. The molecule has 0 radical (unpaired) electrons. The van der Waals surface area contributed by atoms with Crippen molar-refractivity contribution in [3.63, 3.8) is 0 Å². The Labute approximate surface area is 106 Å². The summed E-state index contributed by atoms with van der Waals surface area (Å²) < 4.78 is 0. The highest BCUT2D eigenvalue weighted by molar-refractivity contribution is 5.59. The van der Waals surface area contributed by atoms with Crippen molar-refractivity contribution < 1.29 is 4.92 Å². The number of hydrogen-bond donors (Lipinski definition) is 1. The van der Waals surface area contributed by atoms with Crippen LogP contribution in [0, 0.1) is 22.5 Å². The number of nitrogens with zero attached hydrogens (tertiary/aromatic N) is 3. The van der Waals surface area contributed by atoms with Gasteiger partial charge in [-0.2, -0.15) is 0 Å². The molecule has 1 aliphatic rings. The number of hydrogen-bond acceptors (Lipinski definition) is 5. The minimum atomic E-state index is -0.368. The van der Waals surface area contributed by atoms with Gasteiger partial charge in [0.1, 0.15) is 0 Å². The fourth-order valence-corrected chi connectivity index (χ4v) is 2.30. The quantitative estimate of drug-likeness (QED) is 0.648. The molecule has 0 amide bonds. The van der Waals surface area contributed by atoms with E-state index in [1.54, 1.807) is 19.2 Å². The summed E-state index contributed by atoms with van der Waals surface area (Å²) in [6.07, 6.45) is 2.61. The van der Waals surface area contributed by atoms with Gasteiger partial charge in [-0.1, -0.05) is 6.92 Å². The molecule has 6 heteroatoms. The second kappa shape index (κ2) is 4.53. The summed E-state index contributed by atoms with van der Waals surface area (Å²) in [5.41, 5.74) is 6.65. The molecule has 0 bridgehead atoms. The van der Waals surface area contributed by atoms with Crippen molar-refractivity contribution in [1.29, 1.82) is 0 Å². The Morgan fingerprint density at radius 1 is 1.67 bits per heavy atom. The van der Waals surface area contributed by atoms with Crippen molar-refractivity contribution in [2.45, 2.75) is 20.3 Å². The summed E-state index contributed by atoms with van der Waals surface area (Å²) in [6.45, 7) is 5.99. The molecule has 6 nitrogen and oxygen atoms in total. The first-order valence-corrected chi connectivity index (χ1v) is 6.01. The molecule has 1 aromatic rings. The molecule has 0 saturated carbocycles. The average molecular weight is 250 g/mol. The minimum absolute atomic E-state index is 0.0282. The Balaban J connectivity index is 2.32. The third kappa shape index (κ3) is 2.28. The number of nitrogens with two attached hydrogens (primary N) is 1. The van der Waals surface area contributed by atoms with E-state index in [1.165, 1.54) is 0 Å². The first-order chi connectivity index (χ1) is 8.45. The molecular formula is C12H18N4O2. The molecular weight excluding hydrogens is 232 g/mol. The summed E-state index contributed by atoms with van der Waals surface area (Å²) in [4.78, 5) is 16.9. The van der Waals surface area contributed by atoms with Gasteiger partial charge in [0, 0.05) is 25.4 Å². The number of rotatable bonds is 3. The summed E-state index contributed by atoms with van der Waals surface area (Å²) in [6, 6.07) is 1.57. The van der Waals surface area contributed by atoms with Crippen molar-refractivity contribution in [2.75, 3.05) is 24.5 Å². The van der Waals surface area contributed by atoms with E-state index < -0.39 is 0 Å². The maximum atomic E-state index is 11.1. The molecule has 98 valence electrons. The van der Waals surface area contributed by atoms with E-state index in [0.717, 1.165) is 25.1 Å². The van der Waals surface area contributed by atoms with Crippen LogP contribution in [0.2, 0.25) is 0 Å². The number of aryl methyl sites for hydroxylation is 1. The van der Waals surface area contributed by atoms with E-state index in [4.69, 9.17) is 5.73 Å². The Hall–Kier alpha value is -1.69. The van der Waals surface area contributed by atoms with Crippen LogP contribution in [0.5, 0.6) is 0 Å². The first kappa shape index (κ1) is 12.8. The Morgan fingerprint density at radius 3 is 2.94 bits per heavy atom. The van der Waals surface area contributed by atoms with Crippen molar-refractivity contribution in [3.8, 4) is 0 Å². The van der Waals surface area contributed by atoms with Crippen LogP contribution in [0.1, 0.15) is 18.9 Å². The van der Waals surface area contributed by atoms with E-state index in [9.17, 15) is 10.1 Å². The van der Waals surface area contributed by atoms with Crippen LogP contribution in [-0.4, -0.2) is 29.5 Å². The van der Waals surface area contributed by atoms with Gasteiger partial charge in [0.05, 0.1) is 4.92 Å². The third-order valence-electron chi connectivity index (χ3n) is 3.53. The Morgan fingerprint density at radius 2 is 2.39 bits per heavy atom. The molecule has 1 atom stereocenters. The molecule has 1 aliphatic heterocycles. The second-order valence-corrected chi connectivity index (χ2v) is 5.30. The molecule has 2 N–H and O–H groups in total. The maximum Gasteiger partial charge on any atom is 0.311 e. The van der Waals surface area contributed by atoms with Gasteiger partial charge in [0.25, 0.3) is 0 Å². The van der Waals surface area contributed by atoms with Crippen LogP contribution in [0.25, 0.3) is 0 Å². The number of pyridine rings is 1. The molecule has 1 saturated heterocycles. The number of anilines is 1. The van der Waals surface area contributed by atoms with E-state index in [2.05, 4.69) is 11.9 Å². The zero-order valence-corrected chi connectivity index (χ0v) is 10.7. The normalized spacial score (nSPS) is 23.4. The van der Waals surface area contributed by atoms with Crippen LogP contribution in [-0.2, 0) is 0 Å². The van der Waals surface area contributed by atoms with Crippen molar-refractivity contribution >= 4 is 11.5 Å². The lowest BCUT2D eigenvalue weighted by Gasteiger charge is -2.22. The van der Waals surface area contributed by atoms with Crippen LogP contribution in [0.3, 0.4) is 0 Å². The highest BCUT2D eigenvalue weighted by Crippen LogP contribution is 2.35. The Bertz CT molecular complexity index is 477. The van der Waals surface area contributed by atoms with Crippen LogP contribution >= 0.6 is 0 Å². The zero-order chi connectivity index (χ0) is 13.3. The molecule has 1 aromatic heterocycles. The summed E-state index contributed by atoms with van der Waals surface area (Å²) >= 11 is 0. The molecule has 18 heavy (non-hydrogen) atoms. The van der Waals surface area contributed by atoms with Gasteiger partial charge in [0.15, 0.2) is 0 Å². The minimum Gasteiger partial charge on any atom is -0.350 e. The topological polar surface area (TPSA) is 85.3 Å². The van der Waals surface area contributed by atoms with Crippen molar-refractivity contribution in [3.05, 3.63) is 27.9 Å². The highest BCUT2D eigenvalue weighted by Gasteiger charge is 2.35. The molecule has 2 rings (SSSR count). The maximum absolute atomic E-state index is 11.1. The van der Waals surface area contributed by atoms with Gasteiger partial charge in [-0.3, -0.25) is 10.1 Å². The number of nitro groups is 1. The van der Waals surface area contributed by atoms with Crippen molar-refractivity contribution in [1.82, 2.24) is 4.98 Å². The van der Waals surface area contributed by atoms with Crippen LogP contribution in [0.15, 0.2) is 12.3 Å². The molecule has 0 spiro atoms. The monoisotopic (exact) mass is 250 g/mol. The van der Waals surface area contributed by atoms with Gasteiger partial charge < -0.3 is 10.6 Å². The zero-order valence-electron chi connectivity index (χ0n) is 10.7. The van der Waals surface area contributed by atoms with E-state index >= 15 is 0 Å². The van der Waals surface area contributed by atoms with Crippen LogP contribution in [0.4, 0.5) is 11.5 Å². The fraction of sp³-hybridized carbons (Fsp3) is 0.583. The highest BCUT2D eigenvalue weighted by atomic mass is 16.6. The smallest absolute Gasteiger partial charge is 0.311 e. The molecule has 1 fully saturated rings. The predicted molar refractivity (Wildman–Crippen MR) is 69.6 cm³/mol. The molecule has 2 heterocycles. The molecule has 0 aromatic carbocycles. The predicted octanol–water partition coefficient (Wildman–Crippen LogP) is 1.47. The van der Waals surface area contributed by atoms with Crippen LogP contribution < -0.4 is 10.6 Å². The van der Waals surface area contributed by atoms with Gasteiger partial charge >= 0.3 is 5.69 Å². The lowest BCUT2D eigenvalue weighted by molar-refractivity contribution is -0.384. The van der Waals surface area contributed by atoms with Gasteiger partial charge in [-0.15, -0.1) is 0 Å². The second-order valence-electron chi connectivity index (χ2n) is 5.30. The standard InChI is InChI=1S/C12H18N4O2/c1-9-5-10(16(17)18)11(14-6-9)15-4-3-12(2,7-13)8-15/h5-6H,3-4,7-8,13H2,1-2H3. The van der Waals surface area contributed by atoms with Gasteiger partial charge in [-0.25, -0.2) is 4.98 Å². The summed E-state index contributed by atoms with van der Waals surface area (Å²) in [7, 11) is 0. The molecule has 0 aliphatic carbocycles. The van der Waals surface area contributed by atoms with E-state index in [0.29, 0.717) is 12.4 Å². The number of aromatic nitrogens is 1. The van der Waals surface area contributed by atoms with E-state index in [-0.39, 0.29) is 16.0 Å². The van der Waals surface area contributed by atoms with Crippen molar-refractivity contribution in [2.24, 2.45) is 11.1 Å². The first-order valence-electron chi connectivity index (χ1n) is 6.01. The lowest BCUT2D eigenvalue weighted by Crippen LogP contribution is -2.31. The largest absolute Gasteiger partial charge is 0.350 e. The molecule has 1 unspecified atom stereocenters. The summed E-state index contributed by atoms with van der Waals surface area (Å²) in [5, 5.41) is 11.1.